The lowest BCUT2D eigenvalue weighted by Crippen LogP contribution is -2.43. The highest BCUT2D eigenvalue weighted by Crippen LogP contribution is 2.24. The fourth-order valence-electron chi connectivity index (χ4n) is 3.20. The van der Waals surface area contributed by atoms with E-state index in [0.29, 0.717) is 12.4 Å². The van der Waals surface area contributed by atoms with Crippen molar-refractivity contribution in [2.24, 2.45) is 0 Å². The number of carbonyl (C=O) groups excluding carboxylic acids is 1. The van der Waals surface area contributed by atoms with Crippen molar-refractivity contribution in [2.45, 2.75) is 51.5 Å². The van der Waals surface area contributed by atoms with Crippen molar-refractivity contribution in [1.82, 2.24) is 9.62 Å². The number of hydrogen-bond donors (Lipinski definition) is 1. The molecule has 2 aromatic carbocycles. The predicted octanol–water partition coefficient (Wildman–Crippen LogP) is 3.54. The molecule has 0 aliphatic carbocycles. The Morgan fingerprint density at radius 2 is 1.83 bits per heavy atom. The van der Waals surface area contributed by atoms with Gasteiger partial charge in [0.2, 0.25) is 15.9 Å². The summed E-state index contributed by atoms with van der Waals surface area (Å²) in [6.45, 7) is 7.86. The van der Waals surface area contributed by atoms with Crippen molar-refractivity contribution < 1.29 is 17.9 Å². The van der Waals surface area contributed by atoms with Crippen molar-refractivity contribution in [3.8, 4) is 5.75 Å². The molecule has 0 radical (unpaired) electrons. The van der Waals surface area contributed by atoms with Crippen LogP contribution in [-0.4, -0.2) is 44.4 Å². The van der Waals surface area contributed by atoms with Gasteiger partial charge >= 0.3 is 0 Å². The lowest BCUT2D eigenvalue weighted by molar-refractivity contribution is -0.121. The molecule has 0 aliphatic rings. The number of sulfonamides is 1. The molecule has 30 heavy (non-hydrogen) atoms. The van der Waals surface area contributed by atoms with Gasteiger partial charge in [0.25, 0.3) is 0 Å². The summed E-state index contributed by atoms with van der Waals surface area (Å²) in [5, 5.41) is 2.91. The van der Waals surface area contributed by atoms with E-state index < -0.39 is 10.0 Å². The largest absolute Gasteiger partial charge is 0.494 e. The standard InChI is InChI=1S/C23H32N2O4S/c1-5-25(30(27,28)21-14-15-22(29-6-2)18(3)16-21)17-23(26)24-19(4)12-13-20-10-8-7-9-11-20/h7-11,14-16,19H,5-6,12-13,17H2,1-4H3,(H,24,26)/t19-/m0/s1. The molecule has 0 bridgehead atoms. The van der Waals surface area contributed by atoms with Gasteiger partial charge in [-0.15, -0.1) is 0 Å². The van der Waals surface area contributed by atoms with E-state index in [9.17, 15) is 13.2 Å². The SMILES string of the molecule is CCOc1ccc(S(=O)(=O)N(CC)CC(=O)N[C@@H](C)CCc2ccccc2)cc1C. The highest BCUT2D eigenvalue weighted by molar-refractivity contribution is 7.89. The van der Waals surface area contributed by atoms with Gasteiger partial charge in [-0.1, -0.05) is 37.3 Å². The van der Waals surface area contributed by atoms with Gasteiger partial charge in [0.1, 0.15) is 5.75 Å². The number of nitrogens with one attached hydrogen (secondary N) is 1. The maximum atomic E-state index is 13.0. The van der Waals surface area contributed by atoms with Crippen LogP contribution >= 0.6 is 0 Å². The summed E-state index contributed by atoms with van der Waals surface area (Å²) >= 11 is 0. The Kier molecular flexibility index (Phi) is 8.87. The Bertz CT molecular complexity index is 929. The van der Waals surface area contributed by atoms with Crippen LogP contribution in [0.3, 0.4) is 0 Å². The van der Waals surface area contributed by atoms with Crippen LogP contribution in [0.5, 0.6) is 5.75 Å². The van der Waals surface area contributed by atoms with E-state index in [1.807, 2.05) is 32.0 Å². The number of aryl methyl sites for hydroxylation is 2. The molecule has 164 valence electrons. The van der Waals surface area contributed by atoms with Gasteiger partial charge in [-0.05, 0) is 62.9 Å². The highest BCUT2D eigenvalue weighted by atomic mass is 32.2. The molecule has 6 nitrogen and oxygen atoms in total. The van der Waals surface area contributed by atoms with Crippen LogP contribution in [0.4, 0.5) is 0 Å². The first-order valence-electron chi connectivity index (χ1n) is 10.3. The summed E-state index contributed by atoms with van der Waals surface area (Å²) in [5.41, 5.74) is 1.95. The second-order valence-electron chi connectivity index (χ2n) is 7.28. The third-order valence-electron chi connectivity index (χ3n) is 4.87. The number of hydrogen-bond acceptors (Lipinski definition) is 4. The zero-order valence-electron chi connectivity index (χ0n) is 18.2. The minimum atomic E-state index is -3.77. The van der Waals surface area contributed by atoms with Gasteiger partial charge in [0.15, 0.2) is 0 Å². The summed E-state index contributed by atoms with van der Waals surface area (Å²) < 4.78 is 32.7. The summed E-state index contributed by atoms with van der Waals surface area (Å²) in [7, 11) is -3.77. The molecule has 1 atom stereocenters. The average Bonchev–Trinajstić information content (AvgIpc) is 2.72. The Labute approximate surface area is 180 Å². The van der Waals surface area contributed by atoms with E-state index >= 15 is 0 Å². The van der Waals surface area contributed by atoms with Crippen molar-refractivity contribution in [3.05, 3.63) is 59.7 Å². The van der Waals surface area contributed by atoms with Crippen LogP contribution in [0.25, 0.3) is 0 Å². The lowest BCUT2D eigenvalue weighted by Gasteiger charge is -2.22. The first kappa shape index (κ1) is 23.9. The summed E-state index contributed by atoms with van der Waals surface area (Å²) in [4.78, 5) is 12.6. The van der Waals surface area contributed by atoms with Gasteiger partial charge in [0, 0.05) is 12.6 Å². The Morgan fingerprint density at radius 1 is 1.13 bits per heavy atom. The molecule has 1 amide bonds. The number of likely N-dealkylation sites (N-methyl/N-ethyl adjacent to an activating group) is 1. The van der Waals surface area contributed by atoms with Crippen molar-refractivity contribution in [1.29, 1.82) is 0 Å². The van der Waals surface area contributed by atoms with Gasteiger partial charge < -0.3 is 10.1 Å². The van der Waals surface area contributed by atoms with Crippen LogP contribution in [-0.2, 0) is 21.2 Å². The molecule has 2 rings (SSSR count). The van der Waals surface area contributed by atoms with E-state index in [1.165, 1.54) is 15.9 Å². The van der Waals surface area contributed by atoms with Crippen LogP contribution in [0, 0.1) is 6.92 Å². The second-order valence-corrected chi connectivity index (χ2v) is 9.22. The Morgan fingerprint density at radius 3 is 2.43 bits per heavy atom. The third-order valence-corrected chi connectivity index (χ3v) is 6.79. The molecular formula is C23H32N2O4S. The van der Waals surface area contributed by atoms with Crippen LogP contribution < -0.4 is 10.1 Å². The Balaban J connectivity index is 1.98. The molecule has 2 aromatic rings. The zero-order valence-corrected chi connectivity index (χ0v) is 19.0. The van der Waals surface area contributed by atoms with Crippen molar-refractivity contribution in [2.75, 3.05) is 19.7 Å². The van der Waals surface area contributed by atoms with E-state index in [-0.39, 0.29) is 29.9 Å². The average molecular weight is 433 g/mol. The zero-order chi connectivity index (χ0) is 22.1. The number of rotatable bonds is 11. The van der Waals surface area contributed by atoms with E-state index in [4.69, 9.17) is 4.74 Å². The topological polar surface area (TPSA) is 75.7 Å². The molecule has 0 aliphatic heterocycles. The summed E-state index contributed by atoms with van der Waals surface area (Å²) in [6.07, 6.45) is 1.64. The van der Waals surface area contributed by atoms with Crippen LogP contribution in [0.1, 0.15) is 38.3 Å². The van der Waals surface area contributed by atoms with Gasteiger partial charge in [-0.25, -0.2) is 8.42 Å². The van der Waals surface area contributed by atoms with Gasteiger partial charge in [-0.2, -0.15) is 4.31 Å². The summed E-state index contributed by atoms with van der Waals surface area (Å²) in [6, 6.07) is 14.8. The minimum absolute atomic E-state index is 0.0492. The molecular weight excluding hydrogens is 400 g/mol. The normalized spacial score (nSPS) is 12.6. The molecule has 0 saturated heterocycles. The monoisotopic (exact) mass is 432 g/mol. The van der Waals surface area contributed by atoms with E-state index in [2.05, 4.69) is 17.4 Å². The van der Waals surface area contributed by atoms with E-state index in [0.717, 1.165) is 18.4 Å². The van der Waals surface area contributed by atoms with Crippen LogP contribution in [0.2, 0.25) is 0 Å². The maximum absolute atomic E-state index is 13.0. The highest BCUT2D eigenvalue weighted by Gasteiger charge is 2.26. The fraction of sp³-hybridized carbons (Fsp3) is 0.435. The number of nitrogens with zero attached hydrogens (tertiary/aromatic N) is 1. The minimum Gasteiger partial charge on any atom is -0.494 e. The van der Waals surface area contributed by atoms with Crippen molar-refractivity contribution >= 4 is 15.9 Å². The van der Waals surface area contributed by atoms with Gasteiger partial charge in [-0.3, -0.25) is 4.79 Å². The number of carbonyl (C=O) groups is 1. The molecule has 0 aromatic heterocycles. The second kappa shape index (κ2) is 11.1. The quantitative estimate of drug-likeness (QED) is 0.589. The Hall–Kier alpha value is -2.38. The fourth-order valence-corrected chi connectivity index (χ4v) is 4.69. The smallest absolute Gasteiger partial charge is 0.243 e. The number of amides is 1. The predicted molar refractivity (Wildman–Crippen MR) is 119 cm³/mol. The molecule has 7 heteroatoms. The molecule has 1 N–H and O–H groups in total. The molecule has 0 saturated carbocycles. The molecule has 0 spiro atoms. The van der Waals surface area contributed by atoms with E-state index in [1.54, 1.807) is 26.0 Å². The van der Waals surface area contributed by atoms with Crippen LogP contribution in [0.15, 0.2) is 53.4 Å². The molecule has 0 unspecified atom stereocenters. The first-order valence-corrected chi connectivity index (χ1v) is 11.8. The lowest BCUT2D eigenvalue weighted by atomic mass is 10.1. The number of benzene rings is 2. The first-order chi connectivity index (χ1) is 14.3. The summed E-state index contributed by atoms with van der Waals surface area (Å²) in [5.74, 6) is 0.355. The maximum Gasteiger partial charge on any atom is 0.243 e. The molecule has 0 fully saturated rings. The number of ether oxygens (including phenoxy) is 1. The van der Waals surface area contributed by atoms with Crippen molar-refractivity contribution in [3.63, 3.8) is 0 Å². The van der Waals surface area contributed by atoms with Gasteiger partial charge in [0.05, 0.1) is 18.0 Å². The third kappa shape index (κ3) is 6.57. The molecule has 0 heterocycles.